The van der Waals surface area contributed by atoms with E-state index in [1.807, 2.05) is 56.3 Å². The summed E-state index contributed by atoms with van der Waals surface area (Å²) in [7, 11) is 0. The number of carbonyl (C=O) groups is 2. The highest BCUT2D eigenvalue weighted by Crippen LogP contribution is 2.20. The summed E-state index contributed by atoms with van der Waals surface area (Å²) in [6, 6.07) is 23.4. The molecule has 0 fully saturated rings. The van der Waals surface area contributed by atoms with Gasteiger partial charge in [0.05, 0.1) is 5.75 Å². The van der Waals surface area contributed by atoms with Crippen LogP contribution in [0, 0.1) is 18.7 Å². The summed E-state index contributed by atoms with van der Waals surface area (Å²) in [6.45, 7) is 6.64. The van der Waals surface area contributed by atoms with E-state index >= 15 is 0 Å². The zero-order valence-electron chi connectivity index (χ0n) is 21.2. The second kappa shape index (κ2) is 13.8. The van der Waals surface area contributed by atoms with Gasteiger partial charge >= 0.3 is 0 Å². The average Bonchev–Trinajstić information content (AvgIpc) is 2.87. The van der Waals surface area contributed by atoms with E-state index in [1.54, 1.807) is 23.1 Å². The first-order valence-electron chi connectivity index (χ1n) is 12.3. The monoisotopic (exact) mass is 506 g/mol. The molecule has 0 saturated carbocycles. The molecule has 0 radical (unpaired) electrons. The van der Waals surface area contributed by atoms with Crippen molar-refractivity contribution in [3.05, 3.63) is 107 Å². The van der Waals surface area contributed by atoms with Gasteiger partial charge in [-0.25, -0.2) is 4.39 Å². The Kier molecular flexibility index (Phi) is 10.6. The molecular formula is C30H35FN2O2S. The minimum absolute atomic E-state index is 0.0308. The first-order chi connectivity index (χ1) is 17.3. The highest BCUT2D eigenvalue weighted by molar-refractivity contribution is 7.99. The number of aryl methyl sites for hydroxylation is 1. The topological polar surface area (TPSA) is 49.4 Å². The van der Waals surface area contributed by atoms with Crippen LogP contribution in [0.1, 0.15) is 36.1 Å². The van der Waals surface area contributed by atoms with Crippen molar-refractivity contribution in [1.29, 1.82) is 0 Å². The van der Waals surface area contributed by atoms with E-state index in [0.29, 0.717) is 24.3 Å². The molecule has 1 atom stereocenters. The fourth-order valence-electron chi connectivity index (χ4n) is 3.89. The molecular weight excluding hydrogens is 471 g/mol. The molecule has 0 saturated heterocycles. The van der Waals surface area contributed by atoms with Gasteiger partial charge in [-0.2, -0.15) is 0 Å². The van der Waals surface area contributed by atoms with Crippen LogP contribution in [0.3, 0.4) is 0 Å². The Morgan fingerprint density at radius 2 is 1.56 bits per heavy atom. The zero-order chi connectivity index (χ0) is 25.9. The summed E-state index contributed by atoms with van der Waals surface area (Å²) < 4.78 is 14.6. The van der Waals surface area contributed by atoms with Crippen LogP contribution in [0.5, 0.6) is 0 Å². The molecule has 6 heteroatoms. The predicted molar refractivity (Wildman–Crippen MR) is 146 cm³/mol. The zero-order valence-corrected chi connectivity index (χ0v) is 22.1. The van der Waals surface area contributed by atoms with Crippen molar-refractivity contribution in [3.63, 3.8) is 0 Å². The smallest absolute Gasteiger partial charge is 0.243 e. The maximum atomic E-state index is 14.6. The van der Waals surface area contributed by atoms with Gasteiger partial charge in [0.15, 0.2) is 0 Å². The summed E-state index contributed by atoms with van der Waals surface area (Å²) in [4.78, 5) is 28.6. The highest BCUT2D eigenvalue weighted by Gasteiger charge is 2.30. The van der Waals surface area contributed by atoms with Crippen molar-refractivity contribution in [1.82, 2.24) is 10.2 Å². The number of carbonyl (C=O) groups excluding carboxylic acids is 2. The fraction of sp³-hybridized carbons (Fsp3) is 0.333. The third-order valence-corrected chi connectivity index (χ3v) is 6.96. The van der Waals surface area contributed by atoms with Crippen LogP contribution in [0.2, 0.25) is 0 Å². The molecule has 1 N–H and O–H groups in total. The molecule has 3 rings (SSSR count). The Balaban J connectivity index is 1.86. The van der Waals surface area contributed by atoms with Crippen molar-refractivity contribution in [3.8, 4) is 0 Å². The van der Waals surface area contributed by atoms with Crippen molar-refractivity contribution < 1.29 is 14.0 Å². The van der Waals surface area contributed by atoms with Gasteiger partial charge in [-0.3, -0.25) is 9.59 Å². The Hall–Kier alpha value is -3.12. The number of nitrogens with one attached hydrogen (secondary N) is 1. The van der Waals surface area contributed by atoms with Gasteiger partial charge in [0, 0.05) is 30.8 Å². The van der Waals surface area contributed by atoms with E-state index in [1.165, 1.54) is 29.0 Å². The van der Waals surface area contributed by atoms with E-state index in [9.17, 15) is 14.0 Å². The van der Waals surface area contributed by atoms with E-state index in [-0.39, 0.29) is 35.8 Å². The molecule has 0 aromatic heterocycles. The maximum absolute atomic E-state index is 14.6. The molecule has 0 unspecified atom stereocenters. The molecule has 0 bridgehead atoms. The maximum Gasteiger partial charge on any atom is 0.243 e. The number of hydrogen-bond acceptors (Lipinski definition) is 3. The molecule has 3 aromatic carbocycles. The van der Waals surface area contributed by atoms with E-state index in [0.717, 1.165) is 5.56 Å². The van der Waals surface area contributed by atoms with Gasteiger partial charge in [0.25, 0.3) is 0 Å². The fourth-order valence-corrected chi connectivity index (χ4v) is 4.88. The SMILES string of the molecule is Cc1ccccc1CSCC(=O)N(Cc1ccccc1F)[C@H](Cc1ccccc1)C(=O)NCC(C)C. The van der Waals surface area contributed by atoms with Crippen molar-refractivity contribution in [2.75, 3.05) is 12.3 Å². The third-order valence-electron chi connectivity index (χ3n) is 6.00. The summed E-state index contributed by atoms with van der Waals surface area (Å²) in [5.74, 6) is 0.370. The lowest BCUT2D eigenvalue weighted by molar-refractivity contribution is -0.139. The van der Waals surface area contributed by atoms with Crippen LogP contribution in [0.4, 0.5) is 4.39 Å². The summed E-state index contributed by atoms with van der Waals surface area (Å²) >= 11 is 1.51. The molecule has 0 aliphatic heterocycles. The summed E-state index contributed by atoms with van der Waals surface area (Å²) in [5, 5.41) is 2.99. The third kappa shape index (κ3) is 8.23. The number of amides is 2. The average molecular weight is 507 g/mol. The quantitative estimate of drug-likeness (QED) is 0.339. The lowest BCUT2D eigenvalue weighted by Gasteiger charge is -2.32. The first kappa shape index (κ1) is 27.5. The van der Waals surface area contributed by atoms with Crippen molar-refractivity contribution in [2.45, 2.75) is 45.5 Å². The van der Waals surface area contributed by atoms with E-state index in [4.69, 9.17) is 0 Å². The first-order valence-corrected chi connectivity index (χ1v) is 13.5. The molecule has 36 heavy (non-hydrogen) atoms. The number of hydrogen-bond donors (Lipinski definition) is 1. The Morgan fingerprint density at radius 3 is 2.22 bits per heavy atom. The predicted octanol–water partition coefficient (Wildman–Crippen LogP) is 5.78. The molecule has 0 spiro atoms. The van der Waals surface area contributed by atoms with Gasteiger partial charge in [0.2, 0.25) is 11.8 Å². The summed E-state index contributed by atoms with van der Waals surface area (Å²) in [5.41, 5.74) is 3.69. The highest BCUT2D eigenvalue weighted by atomic mass is 32.2. The standard InChI is InChI=1S/C30H35FN2O2S/c1-22(2)18-32-30(35)28(17-24-12-5-4-6-13-24)33(19-25-14-9-10-16-27(25)31)29(34)21-36-20-26-15-8-7-11-23(26)3/h4-16,22,28H,17-21H2,1-3H3,(H,32,35)/t28-/m1/s1. The number of benzene rings is 3. The molecule has 4 nitrogen and oxygen atoms in total. The normalized spacial score (nSPS) is 11.8. The van der Waals surface area contributed by atoms with Crippen molar-refractivity contribution >= 4 is 23.6 Å². The Bertz CT molecular complexity index is 1140. The second-order valence-corrected chi connectivity index (χ2v) is 10.4. The molecule has 0 heterocycles. The van der Waals surface area contributed by atoms with Gasteiger partial charge < -0.3 is 10.2 Å². The Labute approximate surface area is 218 Å². The van der Waals surface area contributed by atoms with Crippen LogP contribution in [-0.2, 0) is 28.3 Å². The minimum Gasteiger partial charge on any atom is -0.354 e. The molecule has 0 aliphatic carbocycles. The van der Waals surface area contributed by atoms with Gasteiger partial charge in [-0.15, -0.1) is 11.8 Å². The minimum atomic E-state index is -0.752. The van der Waals surface area contributed by atoms with Crippen LogP contribution in [0.15, 0.2) is 78.9 Å². The molecule has 190 valence electrons. The lowest BCUT2D eigenvalue weighted by Crippen LogP contribution is -2.51. The lowest BCUT2D eigenvalue weighted by atomic mass is 10.0. The van der Waals surface area contributed by atoms with Gasteiger partial charge in [-0.05, 0) is 35.6 Å². The van der Waals surface area contributed by atoms with E-state index in [2.05, 4.69) is 24.4 Å². The molecule has 2 amide bonds. The second-order valence-electron chi connectivity index (χ2n) is 9.38. The number of halogens is 1. The Morgan fingerprint density at radius 1 is 0.917 bits per heavy atom. The van der Waals surface area contributed by atoms with Crippen LogP contribution >= 0.6 is 11.8 Å². The van der Waals surface area contributed by atoms with Crippen LogP contribution in [0.25, 0.3) is 0 Å². The molecule has 3 aromatic rings. The largest absolute Gasteiger partial charge is 0.354 e. The van der Waals surface area contributed by atoms with Crippen LogP contribution < -0.4 is 5.32 Å². The summed E-state index contributed by atoms with van der Waals surface area (Å²) in [6.07, 6.45) is 0.355. The van der Waals surface area contributed by atoms with Gasteiger partial charge in [-0.1, -0.05) is 86.6 Å². The van der Waals surface area contributed by atoms with Crippen molar-refractivity contribution in [2.24, 2.45) is 5.92 Å². The number of rotatable bonds is 12. The number of thioether (sulfide) groups is 1. The van der Waals surface area contributed by atoms with E-state index < -0.39 is 6.04 Å². The molecule has 0 aliphatic rings. The van der Waals surface area contributed by atoms with Crippen LogP contribution in [-0.4, -0.2) is 35.1 Å². The number of nitrogens with zero attached hydrogens (tertiary/aromatic N) is 1. The van der Waals surface area contributed by atoms with Gasteiger partial charge in [0.1, 0.15) is 11.9 Å².